The Balaban J connectivity index is 2.40. The van der Waals surface area contributed by atoms with Gasteiger partial charge in [-0.25, -0.2) is 9.97 Å². The van der Waals surface area contributed by atoms with Crippen molar-refractivity contribution in [3.63, 3.8) is 0 Å². The van der Waals surface area contributed by atoms with Crippen LogP contribution in [0, 0.1) is 6.92 Å². The molecule has 15 heavy (non-hydrogen) atoms. The molecule has 0 amide bonds. The highest BCUT2D eigenvalue weighted by Crippen LogP contribution is 2.06. The molecular formula is C11H20N4. The van der Waals surface area contributed by atoms with Gasteiger partial charge in [0.25, 0.3) is 0 Å². The SMILES string of the molecule is Cc1cc(NC(C)CCN(C)C)ncn1. The zero-order valence-corrected chi connectivity index (χ0v) is 9.99. The lowest BCUT2D eigenvalue weighted by molar-refractivity contribution is 0.390. The van der Waals surface area contributed by atoms with E-state index in [4.69, 9.17) is 0 Å². The largest absolute Gasteiger partial charge is 0.367 e. The summed E-state index contributed by atoms with van der Waals surface area (Å²) >= 11 is 0. The number of aromatic nitrogens is 2. The van der Waals surface area contributed by atoms with Crippen LogP contribution in [-0.2, 0) is 0 Å². The van der Waals surface area contributed by atoms with Gasteiger partial charge in [-0.15, -0.1) is 0 Å². The standard InChI is InChI=1S/C11H20N4/c1-9(5-6-15(3)4)14-11-7-10(2)12-8-13-11/h7-9H,5-6H2,1-4H3,(H,12,13,14). The van der Waals surface area contributed by atoms with Gasteiger partial charge in [0, 0.05) is 17.8 Å². The molecule has 0 bridgehead atoms. The van der Waals surface area contributed by atoms with Gasteiger partial charge >= 0.3 is 0 Å². The van der Waals surface area contributed by atoms with Crippen molar-refractivity contribution in [2.45, 2.75) is 26.3 Å². The average molecular weight is 208 g/mol. The van der Waals surface area contributed by atoms with Crippen molar-refractivity contribution in [2.24, 2.45) is 0 Å². The lowest BCUT2D eigenvalue weighted by atomic mass is 10.2. The molecule has 0 aliphatic rings. The maximum absolute atomic E-state index is 4.17. The number of anilines is 1. The van der Waals surface area contributed by atoms with Gasteiger partial charge in [-0.05, 0) is 40.9 Å². The molecule has 0 spiro atoms. The normalized spacial score (nSPS) is 12.9. The molecule has 0 fully saturated rings. The summed E-state index contributed by atoms with van der Waals surface area (Å²) in [5, 5.41) is 3.36. The Kier molecular flexibility index (Phi) is 4.49. The van der Waals surface area contributed by atoms with E-state index < -0.39 is 0 Å². The molecule has 1 aromatic heterocycles. The van der Waals surface area contributed by atoms with Gasteiger partial charge in [-0.2, -0.15) is 0 Å². The lowest BCUT2D eigenvalue weighted by Gasteiger charge is -2.17. The van der Waals surface area contributed by atoms with Crippen LogP contribution >= 0.6 is 0 Å². The minimum Gasteiger partial charge on any atom is -0.367 e. The van der Waals surface area contributed by atoms with Crippen molar-refractivity contribution in [1.82, 2.24) is 14.9 Å². The first kappa shape index (κ1) is 11.9. The van der Waals surface area contributed by atoms with E-state index in [0.29, 0.717) is 6.04 Å². The Morgan fingerprint density at radius 1 is 1.40 bits per heavy atom. The van der Waals surface area contributed by atoms with Crippen LogP contribution in [0.5, 0.6) is 0 Å². The van der Waals surface area contributed by atoms with Gasteiger partial charge in [-0.3, -0.25) is 0 Å². The van der Waals surface area contributed by atoms with Gasteiger partial charge in [0.15, 0.2) is 0 Å². The molecule has 0 aliphatic carbocycles. The maximum atomic E-state index is 4.17. The van der Waals surface area contributed by atoms with E-state index in [1.807, 2.05) is 13.0 Å². The first-order chi connectivity index (χ1) is 7.08. The number of aryl methyl sites for hydroxylation is 1. The molecule has 1 heterocycles. The van der Waals surface area contributed by atoms with Crippen LogP contribution in [0.3, 0.4) is 0 Å². The van der Waals surface area contributed by atoms with Gasteiger partial charge in [0.1, 0.15) is 12.1 Å². The maximum Gasteiger partial charge on any atom is 0.129 e. The Morgan fingerprint density at radius 3 is 2.73 bits per heavy atom. The third-order valence-corrected chi connectivity index (χ3v) is 2.21. The monoisotopic (exact) mass is 208 g/mol. The molecule has 84 valence electrons. The molecule has 1 aromatic rings. The summed E-state index contributed by atoms with van der Waals surface area (Å²) < 4.78 is 0. The third-order valence-electron chi connectivity index (χ3n) is 2.21. The van der Waals surface area contributed by atoms with E-state index in [1.165, 1.54) is 0 Å². The molecule has 0 saturated carbocycles. The second-order valence-corrected chi connectivity index (χ2v) is 4.18. The minimum atomic E-state index is 0.432. The van der Waals surface area contributed by atoms with Crippen LogP contribution in [0.1, 0.15) is 19.0 Å². The molecule has 1 unspecified atom stereocenters. The van der Waals surface area contributed by atoms with E-state index >= 15 is 0 Å². The molecule has 1 rings (SSSR count). The van der Waals surface area contributed by atoms with Crippen LogP contribution < -0.4 is 5.32 Å². The van der Waals surface area contributed by atoms with Crippen molar-refractivity contribution < 1.29 is 0 Å². The Labute approximate surface area is 91.7 Å². The molecule has 1 N–H and O–H groups in total. The van der Waals surface area contributed by atoms with E-state index in [1.54, 1.807) is 6.33 Å². The Bertz CT molecular complexity index is 298. The summed E-state index contributed by atoms with van der Waals surface area (Å²) in [6.45, 7) is 5.22. The van der Waals surface area contributed by atoms with Gasteiger partial charge in [0.05, 0.1) is 0 Å². The van der Waals surface area contributed by atoms with E-state index in [2.05, 4.69) is 41.2 Å². The van der Waals surface area contributed by atoms with Crippen LogP contribution in [0.2, 0.25) is 0 Å². The summed E-state index contributed by atoms with van der Waals surface area (Å²) in [4.78, 5) is 10.4. The Morgan fingerprint density at radius 2 is 2.13 bits per heavy atom. The molecule has 0 aromatic carbocycles. The number of rotatable bonds is 5. The highest BCUT2D eigenvalue weighted by atomic mass is 15.1. The summed E-state index contributed by atoms with van der Waals surface area (Å²) in [7, 11) is 4.17. The van der Waals surface area contributed by atoms with Crippen molar-refractivity contribution in [2.75, 3.05) is 26.0 Å². The van der Waals surface area contributed by atoms with Crippen LogP contribution in [0.25, 0.3) is 0 Å². The highest BCUT2D eigenvalue weighted by molar-refractivity contribution is 5.35. The second kappa shape index (κ2) is 5.66. The van der Waals surface area contributed by atoms with Gasteiger partial charge < -0.3 is 10.2 Å². The molecule has 1 atom stereocenters. The Hall–Kier alpha value is -1.16. The third kappa shape index (κ3) is 4.74. The van der Waals surface area contributed by atoms with Crippen LogP contribution in [-0.4, -0.2) is 41.5 Å². The smallest absolute Gasteiger partial charge is 0.129 e. The molecule has 4 nitrogen and oxygen atoms in total. The summed E-state index contributed by atoms with van der Waals surface area (Å²) in [6, 6.07) is 2.40. The summed E-state index contributed by atoms with van der Waals surface area (Å²) in [5.74, 6) is 0.911. The van der Waals surface area contributed by atoms with Gasteiger partial charge in [0.2, 0.25) is 0 Å². The lowest BCUT2D eigenvalue weighted by Crippen LogP contribution is -2.23. The fourth-order valence-electron chi connectivity index (χ4n) is 1.31. The average Bonchev–Trinajstić information content (AvgIpc) is 2.15. The van der Waals surface area contributed by atoms with E-state index in [9.17, 15) is 0 Å². The first-order valence-corrected chi connectivity index (χ1v) is 5.28. The number of hydrogen-bond donors (Lipinski definition) is 1. The molecule has 4 heteroatoms. The van der Waals surface area contributed by atoms with Crippen LogP contribution in [0.4, 0.5) is 5.82 Å². The van der Waals surface area contributed by atoms with E-state index in [0.717, 1.165) is 24.5 Å². The van der Waals surface area contributed by atoms with E-state index in [-0.39, 0.29) is 0 Å². The summed E-state index contributed by atoms with van der Waals surface area (Å²) in [6.07, 6.45) is 2.70. The fourth-order valence-corrected chi connectivity index (χ4v) is 1.31. The van der Waals surface area contributed by atoms with Crippen molar-refractivity contribution in [3.05, 3.63) is 18.1 Å². The number of nitrogens with zero attached hydrogens (tertiary/aromatic N) is 3. The topological polar surface area (TPSA) is 41.0 Å². The van der Waals surface area contributed by atoms with Gasteiger partial charge in [-0.1, -0.05) is 0 Å². The highest BCUT2D eigenvalue weighted by Gasteiger charge is 2.03. The first-order valence-electron chi connectivity index (χ1n) is 5.28. The number of hydrogen-bond acceptors (Lipinski definition) is 4. The molecule has 0 aliphatic heterocycles. The molecular weight excluding hydrogens is 188 g/mol. The zero-order chi connectivity index (χ0) is 11.3. The fraction of sp³-hybridized carbons (Fsp3) is 0.636. The van der Waals surface area contributed by atoms with Crippen molar-refractivity contribution in [1.29, 1.82) is 0 Å². The number of nitrogens with one attached hydrogen (secondary N) is 1. The van der Waals surface area contributed by atoms with Crippen molar-refractivity contribution in [3.8, 4) is 0 Å². The minimum absolute atomic E-state index is 0.432. The second-order valence-electron chi connectivity index (χ2n) is 4.18. The zero-order valence-electron chi connectivity index (χ0n) is 9.99. The predicted molar refractivity (Wildman–Crippen MR) is 63.0 cm³/mol. The predicted octanol–water partition coefficient (Wildman–Crippen LogP) is 1.54. The van der Waals surface area contributed by atoms with Crippen molar-refractivity contribution >= 4 is 5.82 Å². The molecule has 0 saturated heterocycles. The quantitative estimate of drug-likeness (QED) is 0.797. The van der Waals surface area contributed by atoms with Crippen LogP contribution in [0.15, 0.2) is 12.4 Å². The summed E-state index contributed by atoms with van der Waals surface area (Å²) in [5.41, 5.74) is 0.993. The molecule has 0 radical (unpaired) electrons.